The molecule has 0 saturated heterocycles. The Morgan fingerprint density at radius 3 is 2.57 bits per heavy atom. The lowest BCUT2D eigenvalue weighted by atomic mass is 10.3. The summed E-state index contributed by atoms with van der Waals surface area (Å²) in [6.07, 6.45) is 2.38. The van der Waals surface area contributed by atoms with Crippen LogP contribution in [0.1, 0.15) is 19.8 Å². The molecule has 0 aliphatic rings. The molecule has 0 atom stereocenters. The second kappa shape index (κ2) is 15.8. The van der Waals surface area contributed by atoms with Crippen molar-refractivity contribution in [1.29, 1.82) is 0 Å². The van der Waals surface area contributed by atoms with Crippen LogP contribution in [0, 0.1) is 0 Å². The van der Waals surface area contributed by atoms with Crippen LogP contribution in [0.25, 0.3) is 0 Å². The molecule has 3 N–H and O–H groups in total. The molecular formula is C8H20Cl2N2OS. The molecule has 0 bridgehead atoms. The summed E-state index contributed by atoms with van der Waals surface area (Å²) >= 11 is 4.93. The Labute approximate surface area is 104 Å². The summed E-state index contributed by atoms with van der Waals surface area (Å²) in [6.45, 7) is 4.87. The van der Waals surface area contributed by atoms with E-state index in [0.717, 1.165) is 6.54 Å². The third kappa shape index (κ3) is 14.9. The molecule has 0 aliphatic heterocycles. The van der Waals surface area contributed by atoms with Crippen molar-refractivity contribution in [2.24, 2.45) is 5.73 Å². The number of nitrogens with one attached hydrogen (secondary N) is 1. The molecule has 0 fully saturated rings. The highest BCUT2D eigenvalue weighted by atomic mass is 35.5. The summed E-state index contributed by atoms with van der Waals surface area (Å²) in [6, 6.07) is 0. The number of thiocarbonyl (C=S) groups is 1. The van der Waals surface area contributed by atoms with E-state index in [1.54, 1.807) is 0 Å². The van der Waals surface area contributed by atoms with E-state index in [-0.39, 0.29) is 24.8 Å². The van der Waals surface area contributed by atoms with Gasteiger partial charge in [-0.05, 0) is 25.2 Å². The fourth-order valence-electron chi connectivity index (χ4n) is 0.716. The van der Waals surface area contributed by atoms with Gasteiger partial charge < -0.3 is 15.8 Å². The van der Waals surface area contributed by atoms with E-state index in [0.29, 0.717) is 24.7 Å². The molecular weight excluding hydrogens is 243 g/mol. The van der Waals surface area contributed by atoms with Crippen LogP contribution in [0.2, 0.25) is 0 Å². The van der Waals surface area contributed by atoms with Gasteiger partial charge in [-0.1, -0.05) is 13.3 Å². The maximum absolute atomic E-state index is 5.25. The van der Waals surface area contributed by atoms with Crippen molar-refractivity contribution in [3.05, 3.63) is 0 Å². The van der Waals surface area contributed by atoms with Crippen LogP contribution in [0.3, 0.4) is 0 Å². The summed E-state index contributed by atoms with van der Waals surface area (Å²) in [5, 5.41) is 3.80. The maximum Gasteiger partial charge on any atom is 0.173 e. The molecule has 0 aromatic rings. The van der Waals surface area contributed by atoms with Crippen molar-refractivity contribution in [2.45, 2.75) is 19.8 Å². The molecule has 6 heteroatoms. The van der Waals surface area contributed by atoms with Crippen LogP contribution in [0.15, 0.2) is 0 Å². The summed E-state index contributed by atoms with van der Waals surface area (Å²) in [7, 11) is 0. The maximum atomic E-state index is 5.25. The van der Waals surface area contributed by atoms with Gasteiger partial charge in [0, 0.05) is 6.54 Å². The predicted molar refractivity (Wildman–Crippen MR) is 69.9 cm³/mol. The molecule has 14 heavy (non-hydrogen) atoms. The molecule has 0 amide bonds. The van der Waals surface area contributed by atoms with Gasteiger partial charge in [0.05, 0.1) is 6.54 Å². The summed E-state index contributed by atoms with van der Waals surface area (Å²) < 4.78 is 5.12. The standard InChI is InChI=1S/C8H18N2OS.2ClH/c1-2-3-5-10-7-8(12)11-6-4-9;;/h10H,2-7,9H2,1H3;2*1H. The summed E-state index contributed by atoms with van der Waals surface area (Å²) in [4.78, 5) is 0. The Hall–Kier alpha value is 0.390. The lowest BCUT2D eigenvalue weighted by molar-refractivity contribution is 0.316. The van der Waals surface area contributed by atoms with E-state index >= 15 is 0 Å². The van der Waals surface area contributed by atoms with Gasteiger partial charge in [-0.3, -0.25) is 0 Å². The van der Waals surface area contributed by atoms with Crippen molar-refractivity contribution in [1.82, 2.24) is 5.32 Å². The molecule has 0 saturated carbocycles. The van der Waals surface area contributed by atoms with Crippen LogP contribution in [0.4, 0.5) is 0 Å². The quantitative estimate of drug-likeness (QED) is 0.540. The van der Waals surface area contributed by atoms with Crippen molar-refractivity contribution >= 4 is 42.1 Å². The third-order valence-electron chi connectivity index (χ3n) is 1.36. The van der Waals surface area contributed by atoms with E-state index in [1.165, 1.54) is 12.8 Å². The third-order valence-corrected chi connectivity index (χ3v) is 1.62. The molecule has 0 unspecified atom stereocenters. The Kier molecular flexibility index (Phi) is 22.5. The van der Waals surface area contributed by atoms with E-state index in [4.69, 9.17) is 22.7 Å². The van der Waals surface area contributed by atoms with Crippen LogP contribution in [-0.4, -0.2) is 31.3 Å². The topological polar surface area (TPSA) is 47.3 Å². The lowest BCUT2D eigenvalue weighted by Crippen LogP contribution is -2.25. The Morgan fingerprint density at radius 1 is 1.43 bits per heavy atom. The monoisotopic (exact) mass is 262 g/mol. The highest BCUT2D eigenvalue weighted by Crippen LogP contribution is 1.84. The van der Waals surface area contributed by atoms with E-state index in [1.807, 2.05) is 0 Å². The van der Waals surface area contributed by atoms with E-state index in [2.05, 4.69) is 12.2 Å². The smallest absolute Gasteiger partial charge is 0.173 e. The molecule has 88 valence electrons. The minimum atomic E-state index is 0. The normalized spacial score (nSPS) is 8.43. The van der Waals surface area contributed by atoms with Crippen molar-refractivity contribution < 1.29 is 4.74 Å². The Balaban J connectivity index is -0.000000605. The first-order valence-electron chi connectivity index (χ1n) is 4.37. The Morgan fingerprint density at radius 2 is 2.07 bits per heavy atom. The largest absolute Gasteiger partial charge is 0.484 e. The zero-order valence-corrected chi connectivity index (χ0v) is 10.9. The fourth-order valence-corrected chi connectivity index (χ4v) is 0.901. The average Bonchev–Trinajstić information content (AvgIpc) is 2.09. The summed E-state index contributed by atoms with van der Waals surface area (Å²) in [5.74, 6) is 0. The SMILES string of the molecule is CCCCNCC(=S)OCCN.Cl.Cl. The highest BCUT2D eigenvalue weighted by molar-refractivity contribution is 7.80. The number of nitrogens with two attached hydrogens (primary N) is 1. The predicted octanol–water partition coefficient (Wildman–Crippen LogP) is 1.52. The zero-order valence-electron chi connectivity index (χ0n) is 8.45. The number of rotatable bonds is 7. The van der Waals surface area contributed by atoms with Gasteiger partial charge >= 0.3 is 0 Å². The molecule has 0 aliphatic carbocycles. The molecule has 0 spiro atoms. The van der Waals surface area contributed by atoms with Crippen molar-refractivity contribution in [3.8, 4) is 0 Å². The first-order chi connectivity index (χ1) is 5.81. The van der Waals surface area contributed by atoms with E-state index < -0.39 is 0 Å². The molecule has 0 aromatic carbocycles. The van der Waals surface area contributed by atoms with Crippen molar-refractivity contribution in [2.75, 3.05) is 26.2 Å². The minimum absolute atomic E-state index is 0. The van der Waals surface area contributed by atoms with Crippen LogP contribution in [0.5, 0.6) is 0 Å². The molecule has 0 rings (SSSR count). The average molecular weight is 263 g/mol. The second-order valence-corrected chi connectivity index (χ2v) is 2.99. The van der Waals surface area contributed by atoms with Gasteiger partial charge in [-0.2, -0.15) is 0 Å². The number of unbranched alkanes of at least 4 members (excludes halogenated alkanes) is 1. The first kappa shape index (κ1) is 19.9. The number of ether oxygens (including phenoxy) is 1. The second-order valence-electron chi connectivity index (χ2n) is 2.54. The minimum Gasteiger partial charge on any atom is -0.484 e. The molecule has 0 heterocycles. The van der Waals surface area contributed by atoms with Gasteiger partial charge in [0.2, 0.25) is 0 Å². The van der Waals surface area contributed by atoms with Crippen molar-refractivity contribution in [3.63, 3.8) is 0 Å². The fraction of sp³-hybridized carbons (Fsp3) is 0.875. The van der Waals surface area contributed by atoms with Gasteiger partial charge in [0.25, 0.3) is 0 Å². The zero-order chi connectivity index (χ0) is 9.23. The first-order valence-corrected chi connectivity index (χ1v) is 4.78. The highest BCUT2D eigenvalue weighted by Gasteiger charge is 1.94. The number of hydrogen-bond donors (Lipinski definition) is 2. The number of halogens is 2. The Bertz CT molecular complexity index is 128. The van der Waals surface area contributed by atoms with Crippen LogP contribution in [-0.2, 0) is 4.74 Å². The molecule has 3 nitrogen and oxygen atoms in total. The van der Waals surface area contributed by atoms with Gasteiger partial charge in [-0.15, -0.1) is 24.8 Å². The number of hydrogen-bond acceptors (Lipinski definition) is 4. The lowest BCUT2D eigenvalue weighted by Gasteiger charge is -2.06. The van der Waals surface area contributed by atoms with Crippen LogP contribution >= 0.6 is 37.0 Å². The molecule has 0 aromatic heterocycles. The van der Waals surface area contributed by atoms with Gasteiger partial charge in [-0.25, -0.2) is 0 Å². The van der Waals surface area contributed by atoms with Gasteiger partial charge in [0.15, 0.2) is 5.05 Å². The van der Waals surface area contributed by atoms with E-state index in [9.17, 15) is 0 Å². The molecule has 0 radical (unpaired) electrons. The van der Waals surface area contributed by atoms with Gasteiger partial charge in [0.1, 0.15) is 6.61 Å². The van der Waals surface area contributed by atoms with Crippen LogP contribution < -0.4 is 11.1 Å². The summed E-state index contributed by atoms with van der Waals surface area (Å²) in [5.41, 5.74) is 5.25.